The molecule has 0 unspecified atom stereocenters. The van der Waals surface area contributed by atoms with Crippen molar-refractivity contribution >= 4 is 29.4 Å². The first-order valence-electron chi connectivity index (χ1n) is 8.90. The van der Waals surface area contributed by atoms with Gasteiger partial charge in [-0.1, -0.05) is 18.2 Å². The molecule has 2 amide bonds. The Morgan fingerprint density at radius 1 is 1.14 bits per heavy atom. The summed E-state index contributed by atoms with van der Waals surface area (Å²) in [7, 11) is 0. The highest BCUT2D eigenvalue weighted by Crippen LogP contribution is 2.54. The molecule has 8 heteroatoms. The third kappa shape index (κ3) is 2.56. The van der Waals surface area contributed by atoms with Gasteiger partial charge >= 0.3 is 11.9 Å². The van der Waals surface area contributed by atoms with E-state index in [4.69, 9.17) is 14.2 Å². The lowest BCUT2D eigenvalue weighted by molar-refractivity contribution is -0.226. The molecular weight excluding hydrogens is 366 g/mol. The largest absolute Gasteiger partial charge is 0.422 e. The van der Waals surface area contributed by atoms with Crippen molar-refractivity contribution < 1.29 is 33.4 Å². The molecule has 4 rings (SSSR count). The summed E-state index contributed by atoms with van der Waals surface area (Å²) in [6, 6.07) is 7.05. The minimum atomic E-state index is -1.53. The van der Waals surface area contributed by atoms with E-state index in [2.05, 4.69) is 0 Å². The normalized spacial score (nSPS) is 30.1. The van der Waals surface area contributed by atoms with Crippen LogP contribution in [0.3, 0.4) is 0 Å². The maximum absolute atomic E-state index is 13.3. The number of carbonyl (C=O) groups is 4. The lowest BCUT2D eigenvalue weighted by Crippen LogP contribution is -2.52. The number of anilines is 1. The van der Waals surface area contributed by atoms with Gasteiger partial charge in [0.15, 0.2) is 5.60 Å². The van der Waals surface area contributed by atoms with E-state index in [0.29, 0.717) is 5.69 Å². The van der Waals surface area contributed by atoms with Gasteiger partial charge in [-0.15, -0.1) is 0 Å². The highest BCUT2D eigenvalue weighted by molar-refractivity contribution is 6.23. The predicted octanol–water partition coefficient (Wildman–Crippen LogP) is 1.26. The van der Waals surface area contributed by atoms with Crippen molar-refractivity contribution in [1.82, 2.24) is 0 Å². The predicted molar refractivity (Wildman–Crippen MR) is 94.7 cm³/mol. The fraction of sp³-hybridized carbons (Fsp3) is 0.400. The zero-order valence-corrected chi connectivity index (χ0v) is 15.6. The van der Waals surface area contributed by atoms with E-state index in [1.807, 2.05) is 13.0 Å². The van der Waals surface area contributed by atoms with Crippen LogP contribution in [0.4, 0.5) is 5.69 Å². The Bertz CT molecular complexity index is 907. The van der Waals surface area contributed by atoms with Crippen LogP contribution in [0.25, 0.3) is 0 Å². The fourth-order valence-corrected chi connectivity index (χ4v) is 4.24. The van der Waals surface area contributed by atoms with Gasteiger partial charge in [0.2, 0.25) is 11.8 Å². The minimum Gasteiger partial charge on any atom is -0.422 e. The summed E-state index contributed by atoms with van der Waals surface area (Å²) >= 11 is 0. The number of rotatable bonds is 4. The monoisotopic (exact) mass is 385 g/mol. The Morgan fingerprint density at radius 3 is 2.43 bits per heavy atom. The summed E-state index contributed by atoms with van der Waals surface area (Å²) in [6.07, 6.45) is 1.07. The fourth-order valence-electron chi connectivity index (χ4n) is 4.24. The van der Waals surface area contributed by atoms with Gasteiger partial charge in [-0.25, -0.2) is 4.90 Å². The molecule has 1 aromatic rings. The Labute approximate surface area is 161 Å². The van der Waals surface area contributed by atoms with Crippen molar-refractivity contribution in [3.05, 3.63) is 42.0 Å². The number of imide groups is 1. The topological polar surface area (TPSA) is 99.2 Å². The van der Waals surface area contributed by atoms with Crippen molar-refractivity contribution in [2.45, 2.75) is 38.8 Å². The first kappa shape index (κ1) is 18.4. The van der Waals surface area contributed by atoms with E-state index in [-0.39, 0.29) is 5.91 Å². The van der Waals surface area contributed by atoms with Crippen molar-refractivity contribution in [2.24, 2.45) is 11.8 Å². The van der Waals surface area contributed by atoms with Gasteiger partial charge in [-0.3, -0.25) is 19.2 Å². The molecule has 0 aromatic heterocycles. The summed E-state index contributed by atoms with van der Waals surface area (Å²) in [5.41, 5.74) is -0.159. The average molecular weight is 385 g/mol. The molecule has 2 saturated heterocycles. The van der Waals surface area contributed by atoms with Crippen LogP contribution in [-0.4, -0.2) is 41.7 Å². The van der Waals surface area contributed by atoms with Crippen LogP contribution < -0.4 is 4.90 Å². The van der Waals surface area contributed by atoms with Crippen LogP contribution in [0.5, 0.6) is 0 Å². The second kappa shape index (κ2) is 6.27. The summed E-state index contributed by atoms with van der Waals surface area (Å²) in [5.74, 6) is -3.99. The van der Waals surface area contributed by atoms with Crippen LogP contribution >= 0.6 is 0 Å². The number of ether oxygens (including phenoxy) is 3. The van der Waals surface area contributed by atoms with Gasteiger partial charge in [0.05, 0.1) is 23.6 Å². The highest BCUT2D eigenvalue weighted by atomic mass is 16.7. The molecule has 28 heavy (non-hydrogen) atoms. The van der Waals surface area contributed by atoms with Crippen molar-refractivity contribution in [3.8, 4) is 0 Å². The molecule has 8 nitrogen and oxygen atoms in total. The molecule has 0 aliphatic carbocycles. The number of amides is 2. The van der Waals surface area contributed by atoms with Crippen LogP contribution in [0.15, 0.2) is 36.4 Å². The first-order chi connectivity index (χ1) is 13.2. The number of aryl methyl sites for hydroxylation is 1. The van der Waals surface area contributed by atoms with Crippen molar-refractivity contribution in [1.29, 1.82) is 0 Å². The maximum Gasteiger partial charge on any atom is 0.305 e. The van der Waals surface area contributed by atoms with Crippen LogP contribution in [-0.2, 0) is 33.4 Å². The molecule has 0 saturated carbocycles. The zero-order valence-electron chi connectivity index (χ0n) is 15.6. The number of carbonyl (C=O) groups excluding carboxylic acids is 4. The first-order valence-corrected chi connectivity index (χ1v) is 8.90. The van der Waals surface area contributed by atoms with E-state index in [0.717, 1.165) is 24.3 Å². The van der Waals surface area contributed by atoms with Crippen LogP contribution in [0.2, 0.25) is 0 Å². The van der Waals surface area contributed by atoms with Crippen molar-refractivity contribution in [3.63, 3.8) is 0 Å². The number of hydrogen-bond donors (Lipinski definition) is 0. The molecule has 2 fully saturated rings. The van der Waals surface area contributed by atoms with Crippen LogP contribution in [0, 0.1) is 18.8 Å². The van der Waals surface area contributed by atoms with Crippen LogP contribution in [0.1, 0.15) is 19.4 Å². The van der Waals surface area contributed by atoms with Gasteiger partial charge in [0.25, 0.3) is 6.29 Å². The van der Waals surface area contributed by atoms with E-state index in [1.54, 1.807) is 30.4 Å². The summed E-state index contributed by atoms with van der Waals surface area (Å²) in [5, 5.41) is 0. The number of esters is 2. The molecular formula is C20H19NO7. The Balaban J connectivity index is 1.75. The summed E-state index contributed by atoms with van der Waals surface area (Å²) < 4.78 is 16.3. The quantitative estimate of drug-likeness (QED) is 0.333. The lowest BCUT2D eigenvalue weighted by atomic mass is 9.76. The number of benzene rings is 1. The minimum absolute atomic E-state index is 0.388. The maximum atomic E-state index is 13.3. The van der Waals surface area contributed by atoms with Gasteiger partial charge in [-0.05, 0) is 30.7 Å². The molecule has 0 spiro atoms. The third-order valence-electron chi connectivity index (χ3n) is 5.25. The number of fused-ring (bicyclic) bond motifs is 5. The Hall–Kier alpha value is -3.00. The number of nitrogens with zero attached hydrogens (tertiary/aromatic N) is 1. The average Bonchev–Trinajstić information content (AvgIpc) is 3.25. The highest BCUT2D eigenvalue weighted by Gasteiger charge is 2.72. The zero-order chi connectivity index (χ0) is 20.2. The lowest BCUT2D eigenvalue weighted by Gasteiger charge is -2.34. The molecule has 1 aromatic carbocycles. The van der Waals surface area contributed by atoms with E-state index >= 15 is 0 Å². The summed E-state index contributed by atoms with van der Waals surface area (Å²) in [4.78, 5) is 50.7. The molecule has 3 heterocycles. The third-order valence-corrected chi connectivity index (χ3v) is 5.25. The van der Waals surface area contributed by atoms with Gasteiger partial charge in [0.1, 0.15) is 0 Å². The van der Waals surface area contributed by atoms with Gasteiger partial charge < -0.3 is 14.2 Å². The standard InChI is InChI=1S/C20H19NO7/c1-10-5-4-6-13(9-10)21-17(24)15-14-7-8-20(28-14,16(15)18(21)25)19(26-11(2)22)27-12(3)23/h4-9,14-16,19H,1-3H3/t14-,15-,16+,20-/m0/s1. The van der Waals surface area contributed by atoms with E-state index < -0.39 is 47.7 Å². The summed E-state index contributed by atoms with van der Waals surface area (Å²) in [6.45, 7) is 4.19. The molecule has 0 radical (unpaired) electrons. The van der Waals surface area contributed by atoms with Gasteiger partial charge in [-0.2, -0.15) is 0 Å². The molecule has 4 atom stereocenters. The number of hydrogen-bond acceptors (Lipinski definition) is 7. The molecule has 2 bridgehead atoms. The van der Waals surface area contributed by atoms with Crippen molar-refractivity contribution in [2.75, 3.05) is 4.90 Å². The van der Waals surface area contributed by atoms with E-state index in [1.165, 1.54) is 0 Å². The molecule has 3 aliphatic heterocycles. The SMILES string of the molecule is CC(=O)OC(OC(C)=O)[C@@]12C=C[C@H](O1)[C@@H]1C(=O)N(c3cccc(C)c3)C(=O)[C@@H]12. The molecule has 3 aliphatic rings. The van der Waals surface area contributed by atoms with E-state index in [9.17, 15) is 19.2 Å². The van der Waals surface area contributed by atoms with Gasteiger partial charge in [0, 0.05) is 13.8 Å². The second-order valence-electron chi connectivity index (χ2n) is 7.20. The Kier molecular flexibility index (Phi) is 4.11. The molecule has 146 valence electrons. The Morgan fingerprint density at radius 2 is 1.82 bits per heavy atom. The second-order valence-corrected chi connectivity index (χ2v) is 7.20. The smallest absolute Gasteiger partial charge is 0.305 e. The molecule has 0 N–H and O–H groups in total.